The van der Waals surface area contributed by atoms with Crippen LogP contribution < -0.4 is 16.0 Å². The van der Waals surface area contributed by atoms with Crippen LogP contribution in [0.4, 0.5) is 11.4 Å². The summed E-state index contributed by atoms with van der Waals surface area (Å²) in [6.07, 6.45) is 0. The van der Waals surface area contributed by atoms with Crippen molar-refractivity contribution in [3.8, 4) is 0 Å². The van der Waals surface area contributed by atoms with Crippen LogP contribution in [0.3, 0.4) is 0 Å². The van der Waals surface area contributed by atoms with Crippen LogP contribution in [0.5, 0.6) is 0 Å². The van der Waals surface area contributed by atoms with Crippen LogP contribution in [0.15, 0.2) is 54.6 Å². The number of benzene rings is 2. The largest absolute Gasteiger partial charge is 0.332 e. The summed E-state index contributed by atoms with van der Waals surface area (Å²) < 4.78 is 0. The molecule has 0 aliphatic heterocycles. The van der Waals surface area contributed by atoms with Gasteiger partial charge in [0.25, 0.3) is 5.91 Å². The number of thiocarbonyl (C=S) groups is 1. The average molecular weight is 313 g/mol. The molecular formula is C16H15N3O2S. The van der Waals surface area contributed by atoms with Gasteiger partial charge in [0.15, 0.2) is 5.11 Å². The molecule has 0 spiro atoms. The van der Waals surface area contributed by atoms with Gasteiger partial charge in [0.05, 0.1) is 0 Å². The van der Waals surface area contributed by atoms with E-state index < -0.39 is 0 Å². The Balaban J connectivity index is 2.06. The van der Waals surface area contributed by atoms with E-state index in [4.69, 9.17) is 12.2 Å². The summed E-state index contributed by atoms with van der Waals surface area (Å²) in [5.41, 5.74) is 1.83. The molecule has 0 fully saturated rings. The zero-order chi connectivity index (χ0) is 15.9. The second kappa shape index (κ2) is 7.33. The molecule has 2 aromatic carbocycles. The van der Waals surface area contributed by atoms with Gasteiger partial charge in [0.2, 0.25) is 5.91 Å². The van der Waals surface area contributed by atoms with Gasteiger partial charge < -0.3 is 16.0 Å². The molecule has 3 N–H and O–H groups in total. The molecule has 2 aromatic rings. The Hall–Kier alpha value is -2.73. The number of carbonyl (C=O) groups excluding carboxylic acids is 2. The van der Waals surface area contributed by atoms with Gasteiger partial charge in [-0.25, -0.2) is 0 Å². The van der Waals surface area contributed by atoms with Crippen LogP contribution in [-0.2, 0) is 4.79 Å². The highest BCUT2D eigenvalue weighted by molar-refractivity contribution is 7.80. The Morgan fingerprint density at radius 2 is 1.59 bits per heavy atom. The lowest BCUT2D eigenvalue weighted by atomic mass is 10.2. The first-order valence-electron chi connectivity index (χ1n) is 6.59. The number of amides is 2. The van der Waals surface area contributed by atoms with E-state index in [1.165, 1.54) is 6.92 Å². The van der Waals surface area contributed by atoms with E-state index in [1.807, 2.05) is 30.3 Å². The van der Waals surface area contributed by atoms with Crippen LogP contribution in [0, 0.1) is 0 Å². The van der Waals surface area contributed by atoms with Gasteiger partial charge in [-0.2, -0.15) is 0 Å². The van der Waals surface area contributed by atoms with Gasteiger partial charge in [0, 0.05) is 23.9 Å². The maximum absolute atomic E-state index is 12.2. The van der Waals surface area contributed by atoms with Gasteiger partial charge >= 0.3 is 0 Å². The number of carbonyl (C=O) groups is 2. The molecule has 2 rings (SSSR count). The highest BCUT2D eigenvalue weighted by Gasteiger charge is 2.07. The molecule has 5 nitrogen and oxygen atoms in total. The van der Waals surface area contributed by atoms with Gasteiger partial charge in [-0.3, -0.25) is 9.59 Å². The van der Waals surface area contributed by atoms with Crippen molar-refractivity contribution in [2.75, 3.05) is 10.6 Å². The molecule has 2 amide bonds. The summed E-state index contributed by atoms with van der Waals surface area (Å²) in [5.74, 6) is -0.476. The molecular weight excluding hydrogens is 298 g/mol. The number of nitrogens with one attached hydrogen (secondary N) is 3. The van der Waals surface area contributed by atoms with Gasteiger partial charge in [-0.15, -0.1) is 0 Å². The molecule has 0 aliphatic rings. The van der Waals surface area contributed by atoms with E-state index >= 15 is 0 Å². The minimum absolute atomic E-state index is 0.188. The summed E-state index contributed by atoms with van der Waals surface area (Å²) in [4.78, 5) is 23.1. The van der Waals surface area contributed by atoms with Crippen LogP contribution in [-0.4, -0.2) is 16.9 Å². The molecule has 0 saturated heterocycles. The maximum Gasteiger partial charge on any atom is 0.255 e. The average Bonchev–Trinajstić information content (AvgIpc) is 2.47. The topological polar surface area (TPSA) is 70.2 Å². The van der Waals surface area contributed by atoms with Crippen molar-refractivity contribution >= 4 is 40.5 Å². The Kier molecular flexibility index (Phi) is 5.21. The lowest BCUT2D eigenvalue weighted by Crippen LogP contribution is -2.32. The van der Waals surface area contributed by atoms with Crippen molar-refractivity contribution in [1.29, 1.82) is 0 Å². The summed E-state index contributed by atoms with van der Waals surface area (Å²) in [7, 11) is 0. The van der Waals surface area contributed by atoms with Crippen molar-refractivity contribution < 1.29 is 9.59 Å². The lowest BCUT2D eigenvalue weighted by Gasteiger charge is -2.10. The first-order chi connectivity index (χ1) is 10.5. The minimum Gasteiger partial charge on any atom is -0.332 e. The van der Waals surface area contributed by atoms with Gasteiger partial charge in [-0.05, 0) is 42.5 Å². The van der Waals surface area contributed by atoms with E-state index in [1.54, 1.807) is 24.3 Å². The SMILES string of the molecule is CC(=O)NC(=S)Nc1cccc(C(=O)Nc2ccccc2)c1. The predicted octanol–water partition coefficient (Wildman–Crippen LogP) is 2.77. The van der Waals surface area contributed by atoms with Gasteiger partial charge in [0.1, 0.15) is 0 Å². The van der Waals surface area contributed by atoms with E-state index in [0.717, 1.165) is 5.69 Å². The second-order valence-electron chi connectivity index (χ2n) is 4.54. The number of hydrogen-bond acceptors (Lipinski definition) is 3. The van der Waals surface area contributed by atoms with Crippen LogP contribution in [0.25, 0.3) is 0 Å². The second-order valence-corrected chi connectivity index (χ2v) is 4.94. The molecule has 0 heterocycles. The molecule has 112 valence electrons. The predicted molar refractivity (Wildman–Crippen MR) is 90.9 cm³/mol. The third-order valence-electron chi connectivity index (χ3n) is 2.70. The van der Waals surface area contributed by atoms with Crippen molar-refractivity contribution in [3.63, 3.8) is 0 Å². The smallest absolute Gasteiger partial charge is 0.255 e. The first kappa shape index (κ1) is 15.7. The first-order valence-corrected chi connectivity index (χ1v) is 7.00. The molecule has 22 heavy (non-hydrogen) atoms. The third kappa shape index (κ3) is 4.68. The molecule has 0 atom stereocenters. The third-order valence-corrected chi connectivity index (χ3v) is 2.91. The molecule has 0 unspecified atom stereocenters. The van der Waals surface area contributed by atoms with Crippen molar-refractivity contribution in [1.82, 2.24) is 5.32 Å². The Morgan fingerprint density at radius 1 is 0.909 bits per heavy atom. The molecule has 0 bridgehead atoms. The summed E-state index contributed by atoms with van der Waals surface area (Å²) in [5, 5.41) is 8.30. The molecule has 0 radical (unpaired) electrons. The normalized spacial score (nSPS) is 9.68. The van der Waals surface area contributed by atoms with Crippen LogP contribution >= 0.6 is 12.2 Å². The Bertz CT molecular complexity index is 702. The van der Waals surface area contributed by atoms with E-state index in [2.05, 4.69) is 16.0 Å². The zero-order valence-corrected chi connectivity index (χ0v) is 12.7. The number of para-hydroxylation sites is 1. The van der Waals surface area contributed by atoms with Gasteiger partial charge in [-0.1, -0.05) is 24.3 Å². The lowest BCUT2D eigenvalue weighted by molar-refractivity contribution is -0.117. The van der Waals surface area contributed by atoms with E-state index in [-0.39, 0.29) is 16.9 Å². The van der Waals surface area contributed by atoms with E-state index in [9.17, 15) is 9.59 Å². The van der Waals surface area contributed by atoms with Crippen molar-refractivity contribution in [2.24, 2.45) is 0 Å². The summed E-state index contributed by atoms with van der Waals surface area (Å²) in [6.45, 7) is 1.37. The standard InChI is InChI=1S/C16H15N3O2S/c1-11(20)17-16(22)19-14-9-5-6-12(10-14)15(21)18-13-7-3-2-4-8-13/h2-10H,1H3,(H,18,21)(H2,17,19,20,22). The summed E-state index contributed by atoms with van der Waals surface area (Å²) in [6, 6.07) is 16.0. The highest BCUT2D eigenvalue weighted by atomic mass is 32.1. The number of hydrogen-bond donors (Lipinski definition) is 3. The summed E-state index contributed by atoms with van der Waals surface area (Å²) >= 11 is 4.98. The fourth-order valence-corrected chi connectivity index (χ4v) is 2.05. The Morgan fingerprint density at radius 3 is 2.27 bits per heavy atom. The quantitative estimate of drug-likeness (QED) is 0.762. The Labute approximate surface area is 133 Å². The molecule has 0 aromatic heterocycles. The molecule has 6 heteroatoms. The zero-order valence-electron chi connectivity index (χ0n) is 11.9. The number of rotatable bonds is 3. The minimum atomic E-state index is -0.254. The fraction of sp³-hybridized carbons (Fsp3) is 0.0625. The maximum atomic E-state index is 12.2. The van der Waals surface area contributed by atoms with Crippen LogP contribution in [0.2, 0.25) is 0 Å². The molecule has 0 saturated carbocycles. The van der Waals surface area contributed by atoms with Crippen LogP contribution in [0.1, 0.15) is 17.3 Å². The van der Waals surface area contributed by atoms with Crippen molar-refractivity contribution in [3.05, 3.63) is 60.2 Å². The van der Waals surface area contributed by atoms with E-state index in [0.29, 0.717) is 11.3 Å². The molecule has 0 aliphatic carbocycles. The monoisotopic (exact) mass is 313 g/mol. The van der Waals surface area contributed by atoms with Crippen molar-refractivity contribution in [2.45, 2.75) is 6.92 Å². The fourth-order valence-electron chi connectivity index (χ4n) is 1.79. The number of anilines is 2. The highest BCUT2D eigenvalue weighted by Crippen LogP contribution is 2.13.